The van der Waals surface area contributed by atoms with E-state index in [-0.39, 0.29) is 5.60 Å². The van der Waals surface area contributed by atoms with Crippen LogP contribution < -0.4 is 10.2 Å². The van der Waals surface area contributed by atoms with Gasteiger partial charge in [0.15, 0.2) is 0 Å². The van der Waals surface area contributed by atoms with Crippen LogP contribution in [0.3, 0.4) is 0 Å². The molecule has 0 aromatic carbocycles. The third-order valence-corrected chi connectivity index (χ3v) is 6.38. The lowest BCUT2D eigenvalue weighted by Gasteiger charge is -2.40. The molecular formula is C22H31F6N5O5. The van der Waals surface area contributed by atoms with E-state index in [0.717, 1.165) is 43.7 Å². The molecule has 1 aliphatic carbocycles. The van der Waals surface area contributed by atoms with Crippen molar-refractivity contribution >= 4 is 23.6 Å². The summed E-state index contributed by atoms with van der Waals surface area (Å²) in [5, 5.41) is 17.9. The molecule has 1 aromatic heterocycles. The molecule has 16 heteroatoms. The van der Waals surface area contributed by atoms with E-state index in [4.69, 9.17) is 24.5 Å². The molecule has 2 aliphatic heterocycles. The number of aliphatic carboxylic acids is 2. The highest BCUT2D eigenvalue weighted by molar-refractivity contribution is 5.73. The van der Waals surface area contributed by atoms with Crippen molar-refractivity contribution in [3.63, 3.8) is 0 Å². The fourth-order valence-corrected chi connectivity index (χ4v) is 4.25. The average molecular weight is 560 g/mol. The highest BCUT2D eigenvalue weighted by Crippen LogP contribution is 2.38. The minimum absolute atomic E-state index is 0.0584. The van der Waals surface area contributed by atoms with Gasteiger partial charge in [-0.25, -0.2) is 19.6 Å². The van der Waals surface area contributed by atoms with Crippen LogP contribution in [0, 0.1) is 0 Å². The number of hydrogen-bond acceptors (Lipinski definition) is 8. The summed E-state index contributed by atoms with van der Waals surface area (Å²) in [5.74, 6) is -3.66. The maximum Gasteiger partial charge on any atom is 0.490 e. The van der Waals surface area contributed by atoms with E-state index < -0.39 is 24.3 Å². The second-order valence-electron chi connectivity index (χ2n) is 9.43. The summed E-state index contributed by atoms with van der Waals surface area (Å²) in [6.07, 6.45) is -1.06. The number of rotatable bonds is 4. The van der Waals surface area contributed by atoms with Crippen molar-refractivity contribution in [1.29, 1.82) is 0 Å². The van der Waals surface area contributed by atoms with Crippen LogP contribution >= 0.6 is 0 Å². The minimum Gasteiger partial charge on any atom is -0.475 e. The van der Waals surface area contributed by atoms with Gasteiger partial charge < -0.3 is 25.2 Å². The average Bonchev–Trinajstić information content (AvgIpc) is 3.14. The van der Waals surface area contributed by atoms with Crippen molar-refractivity contribution in [2.75, 3.05) is 44.0 Å². The standard InChI is InChI=1S/C18H29N5O.2C2HF3O2/c1-22(2)17-10-16(19-13-20-17)21-14-6-9-24-18(11-14)7-8-23(12-18)15-4-3-5-15;2*3-2(4,5)1(6)7/h10,13-15H,3-9,11-12H2,1-2H3,(H,19,20,21);2*(H,6,7)/t14-,18+;;/m0../s1. The van der Waals surface area contributed by atoms with Crippen molar-refractivity contribution in [3.8, 4) is 0 Å². The van der Waals surface area contributed by atoms with Crippen LogP contribution in [0.2, 0.25) is 0 Å². The molecule has 216 valence electrons. The van der Waals surface area contributed by atoms with E-state index in [2.05, 4.69) is 20.2 Å². The van der Waals surface area contributed by atoms with Gasteiger partial charge in [-0.3, -0.25) is 4.90 Å². The number of nitrogens with one attached hydrogen (secondary N) is 1. The van der Waals surface area contributed by atoms with Gasteiger partial charge in [-0.15, -0.1) is 0 Å². The normalized spacial score (nSPS) is 23.8. The van der Waals surface area contributed by atoms with Gasteiger partial charge in [-0.05, 0) is 32.1 Å². The van der Waals surface area contributed by atoms with Crippen molar-refractivity contribution < 1.29 is 50.9 Å². The monoisotopic (exact) mass is 559 g/mol. The molecule has 3 aliphatic rings. The van der Waals surface area contributed by atoms with Crippen molar-refractivity contribution in [2.45, 2.75) is 68.6 Å². The first-order chi connectivity index (χ1) is 17.5. The SMILES string of the molecule is CN(C)c1cc(N[C@H]2CCO[C@]3(CCN(C4CCC4)C3)C2)ncn1.O=C(O)C(F)(F)F.O=C(O)C(F)(F)F. The fraction of sp³-hybridized carbons (Fsp3) is 0.727. The third-order valence-electron chi connectivity index (χ3n) is 6.38. The lowest BCUT2D eigenvalue weighted by atomic mass is 9.88. The summed E-state index contributed by atoms with van der Waals surface area (Å²) in [7, 11) is 4.01. The summed E-state index contributed by atoms with van der Waals surface area (Å²) in [5.41, 5.74) is 0.0584. The number of anilines is 2. The molecule has 0 unspecified atom stereocenters. The Hall–Kier alpha value is -2.88. The number of halogens is 6. The van der Waals surface area contributed by atoms with Gasteiger partial charge in [0.2, 0.25) is 0 Å². The second kappa shape index (κ2) is 12.8. The quantitative estimate of drug-likeness (QED) is 0.473. The van der Waals surface area contributed by atoms with Gasteiger partial charge in [0.1, 0.15) is 18.0 Å². The molecule has 3 fully saturated rings. The van der Waals surface area contributed by atoms with Gasteiger partial charge >= 0.3 is 24.3 Å². The second-order valence-corrected chi connectivity index (χ2v) is 9.43. The van der Waals surface area contributed by atoms with Crippen molar-refractivity contribution in [2.24, 2.45) is 0 Å². The summed E-state index contributed by atoms with van der Waals surface area (Å²) in [4.78, 5) is 31.2. The van der Waals surface area contributed by atoms with Crippen LogP contribution in [0.15, 0.2) is 12.4 Å². The Bertz CT molecular complexity index is 920. The van der Waals surface area contributed by atoms with Crippen LogP contribution in [-0.4, -0.2) is 101 Å². The lowest BCUT2D eigenvalue weighted by molar-refractivity contribution is -0.193. The van der Waals surface area contributed by atoms with E-state index >= 15 is 0 Å². The summed E-state index contributed by atoms with van der Waals surface area (Å²) >= 11 is 0. The molecule has 3 N–H and O–H groups in total. The minimum atomic E-state index is -5.08. The van der Waals surface area contributed by atoms with Crippen LogP contribution in [0.4, 0.5) is 38.0 Å². The predicted octanol–water partition coefficient (Wildman–Crippen LogP) is 3.40. The number of likely N-dealkylation sites (tertiary alicyclic amines) is 1. The van der Waals surface area contributed by atoms with Crippen molar-refractivity contribution in [3.05, 3.63) is 12.4 Å². The number of aromatic nitrogens is 2. The summed E-state index contributed by atoms with van der Waals surface area (Å²) in [6, 6.07) is 3.29. The van der Waals surface area contributed by atoms with Gasteiger partial charge in [0.25, 0.3) is 0 Å². The van der Waals surface area contributed by atoms with Crippen molar-refractivity contribution in [1.82, 2.24) is 14.9 Å². The topological polar surface area (TPSA) is 128 Å². The maximum absolute atomic E-state index is 10.6. The zero-order chi connectivity index (χ0) is 28.7. The number of alkyl halides is 6. The number of carboxylic acid groups (broad SMARTS) is 2. The molecular weight excluding hydrogens is 528 g/mol. The number of ether oxygens (including phenoxy) is 1. The van der Waals surface area contributed by atoms with E-state index in [1.807, 2.05) is 25.1 Å². The largest absolute Gasteiger partial charge is 0.490 e. The summed E-state index contributed by atoms with van der Waals surface area (Å²) < 4.78 is 69.8. The van der Waals surface area contributed by atoms with Gasteiger partial charge in [0, 0.05) is 51.9 Å². The van der Waals surface area contributed by atoms with Gasteiger partial charge in [0.05, 0.1) is 5.60 Å². The predicted molar refractivity (Wildman–Crippen MR) is 123 cm³/mol. The molecule has 38 heavy (non-hydrogen) atoms. The Kier molecular flexibility index (Phi) is 10.5. The summed E-state index contributed by atoms with van der Waals surface area (Å²) in [6.45, 7) is 3.17. The molecule has 1 spiro atoms. The van der Waals surface area contributed by atoms with E-state index in [9.17, 15) is 26.3 Å². The fourth-order valence-electron chi connectivity index (χ4n) is 4.25. The molecule has 2 atom stereocenters. The first kappa shape index (κ1) is 31.3. The van der Waals surface area contributed by atoms with Gasteiger partial charge in [-0.2, -0.15) is 26.3 Å². The van der Waals surface area contributed by atoms with Gasteiger partial charge in [-0.1, -0.05) is 6.42 Å². The Morgan fingerprint density at radius 3 is 2.13 bits per heavy atom. The van der Waals surface area contributed by atoms with Crippen LogP contribution in [0.25, 0.3) is 0 Å². The molecule has 4 rings (SSSR count). The van der Waals surface area contributed by atoms with Crippen LogP contribution in [0.1, 0.15) is 38.5 Å². The Labute approximate surface area is 215 Å². The first-order valence-corrected chi connectivity index (χ1v) is 11.8. The number of carboxylic acids is 2. The molecule has 1 aromatic rings. The maximum atomic E-state index is 10.6. The Balaban J connectivity index is 0.000000301. The first-order valence-electron chi connectivity index (χ1n) is 11.8. The van der Waals surface area contributed by atoms with Crippen LogP contribution in [0.5, 0.6) is 0 Å². The molecule has 2 saturated heterocycles. The zero-order valence-electron chi connectivity index (χ0n) is 20.8. The lowest BCUT2D eigenvalue weighted by Crippen LogP contribution is -2.48. The number of nitrogens with zero attached hydrogens (tertiary/aromatic N) is 4. The third kappa shape index (κ3) is 9.45. The van der Waals surface area contributed by atoms with E-state index in [0.29, 0.717) is 6.04 Å². The van der Waals surface area contributed by atoms with Crippen LogP contribution in [-0.2, 0) is 14.3 Å². The highest BCUT2D eigenvalue weighted by Gasteiger charge is 2.45. The molecule has 0 radical (unpaired) electrons. The number of carbonyl (C=O) groups is 2. The molecule has 0 bridgehead atoms. The number of hydrogen-bond donors (Lipinski definition) is 3. The Morgan fingerprint density at radius 1 is 1.08 bits per heavy atom. The molecule has 1 saturated carbocycles. The smallest absolute Gasteiger partial charge is 0.475 e. The molecule has 0 amide bonds. The highest BCUT2D eigenvalue weighted by atomic mass is 19.4. The zero-order valence-corrected chi connectivity index (χ0v) is 20.8. The molecule has 10 nitrogen and oxygen atoms in total. The van der Waals surface area contributed by atoms with E-state index in [1.54, 1.807) is 6.33 Å². The van der Waals surface area contributed by atoms with E-state index in [1.165, 1.54) is 32.2 Å². The Morgan fingerprint density at radius 2 is 1.66 bits per heavy atom. The molecule has 3 heterocycles.